The van der Waals surface area contributed by atoms with E-state index < -0.39 is 5.66 Å². The molecule has 3 aliphatic heterocycles. The maximum atomic E-state index is 13.9. The fourth-order valence-corrected chi connectivity index (χ4v) is 6.02. The minimum Gasteiger partial charge on any atom is -0.454 e. The molecule has 6 rings (SSSR count). The molecular weight excluding hydrogens is 496 g/mol. The Balaban J connectivity index is 1.20. The summed E-state index contributed by atoms with van der Waals surface area (Å²) < 4.78 is 11.1. The Bertz CT molecular complexity index is 1340. The van der Waals surface area contributed by atoms with Crippen LogP contribution in [0.15, 0.2) is 72.8 Å². The molecule has 0 aromatic heterocycles. The van der Waals surface area contributed by atoms with Gasteiger partial charge in [-0.15, -0.1) is 0 Å². The summed E-state index contributed by atoms with van der Waals surface area (Å²) in [5.41, 5.74) is 3.94. The van der Waals surface area contributed by atoms with Gasteiger partial charge in [-0.3, -0.25) is 10.1 Å². The topological polar surface area (TPSA) is 66.1 Å². The van der Waals surface area contributed by atoms with Crippen molar-refractivity contribution in [3.63, 3.8) is 0 Å². The second-order valence-corrected chi connectivity index (χ2v) is 10.7. The highest BCUT2D eigenvalue weighted by molar-refractivity contribution is 7.80. The lowest BCUT2D eigenvalue weighted by molar-refractivity contribution is -0.134. The number of aryl methyl sites for hydroxylation is 1. The molecule has 0 bridgehead atoms. The Hall–Kier alpha value is -3.62. The summed E-state index contributed by atoms with van der Waals surface area (Å²) >= 11 is 5.76. The van der Waals surface area contributed by atoms with Crippen LogP contribution < -0.4 is 20.1 Å². The Kier molecular flexibility index (Phi) is 6.68. The van der Waals surface area contributed by atoms with Crippen LogP contribution >= 0.6 is 12.2 Å². The Labute approximate surface area is 228 Å². The van der Waals surface area contributed by atoms with Gasteiger partial charge in [-0.1, -0.05) is 48.5 Å². The Morgan fingerprint density at radius 2 is 1.79 bits per heavy atom. The van der Waals surface area contributed by atoms with Crippen molar-refractivity contribution in [2.24, 2.45) is 0 Å². The molecule has 3 heterocycles. The van der Waals surface area contributed by atoms with Crippen LogP contribution in [0.4, 0.5) is 5.69 Å². The van der Waals surface area contributed by atoms with Crippen molar-refractivity contribution >= 4 is 28.9 Å². The van der Waals surface area contributed by atoms with Gasteiger partial charge in [-0.05, 0) is 66.5 Å². The summed E-state index contributed by atoms with van der Waals surface area (Å²) in [5.74, 6) is 1.62. The first-order chi connectivity index (χ1) is 18.5. The Morgan fingerprint density at radius 3 is 2.58 bits per heavy atom. The monoisotopic (exact) mass is 528 g/mol. The third kappa shape index (κ3) is 4.93. The second-order valence-electron chi connectivity index (χ2n) is 10.3. The number of hydrogen-bond donors (Lipinski definition) is 2. The van der Waals surface area contributed by atoms with Crippen molar-refractivity contribution in [3.05, 3.63) is 89.5 Å². The molecular formula is C30H32N4O3S. The SMILES string of the molecule is Cc1cccc(NC(=S)N2CCC3(CC2)N[C@H](Cc2ccccc2)C(=O)N3Cc2ccc3c(c2)OCO3)c1. The number of nitrogens with zero attached hydrogens (tertiary/aromatic N) is 2. The van der Waals surface area contributed by atoms with Crippen molar-refractivity contribution in [2.45, 2.75) is 44.4 Å². The molecule has 7 nitrogen and oxygen atoms in total. The molecule has 3 aromatic carbocycles. The highest BCUT2D eigenvalue weighted by Gasteiger charge is 2.51. The van der Waals surface area contributed by atoms with Crippen LogP contribution in [0.5, 0.6) is 11.5 Å². The lowest BCUT2D eigenvalue weighted by Gasteiger charge is -2.45. The molecule has 2 fully saturated rings. The van der Waals surface area contributed by atoms with Crippen molar-refractivity contribution in [1.29, 1.82) is 0 Å². The van der Waals surface area contributed by atoms with Gasteiger partial charge in [0.1, 0.15) is 0 Å². The zero-order valence-corrected chi connectivity index (χ0v) is 22.3. The molecule has 0 saturated carbocycles. The number of fused-ring (bicyclic) bond motifs is 1. The molecule has 0 aliphatic carbocycles. The normalized spacial score (nSPS) is 19.7. The van der Waals surface area contributed by atoms with Gasteiger partial charge < -0.3 is 24.6 Å². The van der Waals surface area contributed by atoms with Crippen molar-refractivity contribution in [1.82, 2.24) is 15.1 Å². The average Bonchev–Trinajstić information content (AvgIpc) is 3.48. The number of amides is 1. The number of piperidine rings is 1. The highest BCUT2D eigenvalue weighted by atomic mass is 32.1. The lowest BCUT2D eigenvalue weighted by atomic mass is 9.95. The van der Waals surface area contributed by atoms with Crippen LogP contribution in [0.2, 0.25) is 0 Å². The molecule has 1 atom stereocenters. The van der Waals surface area contributed by atoms with E-state index in [4.69, 9.17) is 21.7 Å². The molecule has 3 aromatic rings. The maximum absolute atomic E-state index is 13.9. The zero-order chi connectivity index (χ0) is 26.1. The van der Waals surface area contributed by atoms with E-state index >= 15 is 0 Å². The van der Waals surface area contributed by atoms with Crippen molar-refractivity contribution < 1.29 is 14.3 Å². The molecule has 8 heteroatoms. The number of hydrogen-bond acceptors (Lipinski definition) is 5. The van der Waals surface area contributed by atoms with Crippen LogP contribution in [-0.4, -0.2) is 52.4 Å². The maximum Gasteiger partial charge on any atom is 0.241 e. The first-order valence-electron chi connectivity index (χ1n) is 13.1. The minimum absolute atomic E-state index is 0.139. The number of benzene rings is 3. The van der Waals surface area contributed by atoms with Gasteiger partial charge in [0.15, 0.2) is 16.6 Å². The third-order valence-electron chi connectivity index (χ3n) is 7.73. The van der Waals surface area contributed by atoms with Crippen LogP contribution in [0.3, 0.4) is 0 Å². The second kappa shape index (κ2) is 10.3. The molecule has 2 N–H and O–H groups in total. The summed E-state index contributed by atoms with van der Waals surface area (Å²) in [4.78, 5) is 18.1. The van der Waals surface area contributed by atoms with Gasteiger partial charge in [0.2, 0.25) is 12.7 Å². The fraction of sp³-hybridized carbons (Fsp3) is 0.333. The molecule has 3 aliphatic rings. The summed E-state index contributed by atoms with van der Waals surface area (Å²) in [6.45, 7) is 4.33. The van der Waals surface area contributed by atoms with Crippen molar-refractivity contribution in [2.75, 3.05) is 25.2 Å². The smallest absolute Gasteiger partial charge is 0.241 e. The van der Waals surface area contributed by atoms with E-state index in [1.165, 1.54) is 5.56 Å². The van der Waals surface area contributed by atoms with E-state index in [9.17, 15) is 4.79 Å². The summed E-state index contributed by atoms with van der Waals surface area (Å²) in [5, 5.41) is 7.88. The van der Waals surface area contributed by atoms with Gasteiger partial charge in [-0.25, -0.2) is 0 Å². The largest absolute Gasteiger partial charge is 0.454 e. The average molecular weight is 529 g/mol. The van der Waals surface area contributed by atoms with E-state index in [1.807, 2.05) is 53.4 Å². The van der Waals surface area contributed by atoms with E-state index in [0.717, 1.165) is 59.4 Å². The van der Waals surface area contributed by atoms with Gasteiger partial charge in [0.05, 0.1) is 11.7 Å². The quantitative estimate of drug-likeness (QED) is 0.474. The van der Waals surface area contributed by atoms with Crippen molar-refractivity contribution in [3.8, 4) is 11.5 Å². The van der Waals surface area contributed by atoms with Crippen LogP contribution in [0.25, 0.3) is 0 Å². The number of ether oxygens (including phenoxy) is 2. The predicted octanol–water partition coefficient (Wildman–Crippen LogP) is 4.46. The molecule has 196 valence electrons. The van der Waals surface area contributed by atoms with E-state index in [2.05, 4.69) is 46.7 Å². The minimum atomic E-state index is -0.428. The first kappa shape index (κ1) is 24.7. The molecule has 1 spiro atoms. The molecule has 2 saturated heterocycles. The summed E-state index contributed by atoms with van der Waals surface area (Å²) in [6, 6.07) is 24.1. The standard InChI is InChI=1S/C30H32N4O3S/c1-21-6-5-9-24(16-21)31-29(38)33-14-12-30(13-15-33)32-25(17-22-7-3-2-4-8-22)28(35)34(30)19-23-10-11-26-27(18-23)37-20-36-26/h2-11,16,18,25,32H,12-15,17,19-20H2,1H3,(H,31,38)/t25-/m1/s1. The number of carbonyl (C=O) groups is 1. The van der Waals surface area contributed by atoms with E-state index in [1.54, 1.807) is 0 Å². The van der Waals surface area contributed by atoms with Crippen LogP contribution in [-0.2, 0) is 17.8 Å². The fourth-order valence-electron chi connectivity index (χ4n) is 5.72. The molecule has 0 radical (unpaired) electrons. The molecule has 1 amide bonds. The number of nitrogens with one attached hydrogen (secondary N) is 2. The van der Waals surface area contributed by atoms with Gasteiger partial charge in [-0.2, -0.15) is 0 Å². The van der Waals surface area contributed by atoms with Crippen LogP contribution in [0.1, 0.15) is 29.5 Å². The number of likely N-dealkylation sites (tertiary alicyclic amines) is 1. The molecule has 38 heavy (non-hydrogen) atoms. The highest BCUT2D eigenvalue weighted by Crippen LogP contribution is 2.37. The lowest BCUT2D eigenvalue weighted by Crippen LogP contribution is -2.59. The third-order valence-corrected chi connectivity index (χ3v) is 8.09. The Morgan fingerprint density at radius 1 is 1.00 bits per heavy atom. The van der Waals surface area contributed by atoms with E-state index in [-0.39, 0.29) is 18.7 Å². The molecule has 0 unspecified atom stereocenters. The zero-order valence-electron chi connectivity index (χ0n) is 21.5. The van der Waals surface area contributed by atoms with Gasteiger partial charge in [0, 0.05) is 38.2 Å². The predicted molar refractivity (Wildman–Crippen MR) is 151 cm³/mol. The van der Waals surface area contributed by atoms with E-state index in [0.29, 0.717) is 13.0 Å². The van der Waals surface area contributed by atoms with Gasteiger partial charge in [0.25, 0.3) is 0 Å². The number of rotatable bonds is 5. The number of thiocarbonyl (C=S) groups is 1. The summed E-state index contributed by atoms with van der Waals surface area (Å²) in [7, 11) is 0. The summed E-state index contributed by atoms with van der Waals surface area (Å²) in [6.07, 6.45) is 2.23. The van der Waals surface area contributed by atoms with Crippen LogP contribution in [0, 0.1) is 6.92 Å². The number of anilines is 1. The van der Waals surface area contributed by atoms with Gasteiger partial charge >= 0.3 is 0 Å². The number of carbonyl (C=O) groups excluding carboxylic acids is 1. The first-order valence-corrected chi connectivity index (χ1v) is 13.5.